The molecule has 1 heterocycles. The quantitative estimate of drug-likeness (QED) is 0.0690. The Morgan fingerprint density at radius 1 is 0.705 bits per heavy atom. The lowest BCUT2D eigenvalue weighted by molar-refractivity contribution is -0.160. The second-order valence-corrected chi connectivity index (χ2v) is 11.2. The van der Waals surface area contributed by atoms with Crippen molar-refractivity contribution in [3.05, 3.63) is 95.8 Å². The van der Waals surface area contributed by atoms with Crippen molar-refractivity contribution in [2.45, 2.75) is 91.1 Å². The Hall–Kier alpha value is -4.26. The van der Waals surface area contributed by atoms with Crippen LogP contribution in [0.15, 0.2) is 83.4 Å². The highest BCUT2D eigenvalue weighted by atomic mass is 16.5. The average molecular weight is 596 g/mol. The fourth-order valence-corrected chi connectivity index (χ4v) is 5.31. The van der Waals surface area contributed by atoms with Gasteiger partial charge in [-0.05, 0) is 53.8 Å². The molecule has 0 radical (unpaired) electrons. The molecule has 0 aliphatic carbocycles. The second kappa shape index (κ2) is 17.8. The average Bonchev–Trinajstić information content (AvgIpc) is 3.53. The minimum Gasteiger partial charge on any atom is -0.459 e. The first-order valence-electron chi connectivity index (χ1n) is 16.1. The molecule has 0 unspecified atom stereocenters. The summed E-state index contributed by atoms with van der Waals surface area (Å²) in [6, 6.07) is 25.7. The lowest BCUT2D eigenvalue weighted by atomic mass is 10.0. The zero-order chi connectivity index (χ0) is 31.0. The number of amides is 1. The van der Waals surface area contributed by atoms with E-state index in [1.165, 1.54) is 56.3 Å². The van der Waals surface area contributed by atoms with Gasteiger partial charge >= 0.3 is 11.9 Å². The summed E-state index contributed by atoms with van der Waals surface area (Å²) in [4.78, 5) is 31.8. The number of hydrogen-bond acceptors (Lipinski definition) is 6. The van der Waals surface area contributed by atoms with Crippen molar-refractivity contribution in [2.75, 3.05) is 6.61 Å². The maximum Gasteiger partial charge on any atom is 0.397 e. The summed E-state index contributed by atoms with van der Waals surface area (Å²) in [6.07, 6.45) is 12.2. The van der Waals surface area contributed by atoms with Gasteiger partial charge in [-0.1, -0.05) is 124 Å². The molecule has 4 rings (SSSR count). The molecule has 0 aliphatic rings. The van der Waals surface area contributed by atoms with Crippen molar-refractivity contribution in [3.8, 4) is 22.6 Å². The number of aromatic nitrogens is 2. The first-order valence-corrected chi connectivity index (χ1v) is 16.1. The fraction of sp³-hybridized carbons (Fsp3) is 0.405. The molecule has 1 aromatic heterocycles. The summed E-state index contributed by atoms with van der Waals surface area (Å²) in [6.45, 7) is 4.55. The zero-order valence-corrected chi connectivity index (χ0v) is 26.2. The monoisotopic (exact) mass is 595 g/mol. The number of esters is 1. The van der Waals surface area contributed by atoms with Gasteiger partial charge in [0.25, 0.3) is 5.89 Å². The van der Waals surface area contributed by atoms with Gasteiger partial charge in [-0.3, -0.25) is 4.79 Å². The predicted octanol–water partition coefficient (Wildman–Crippen LogP) is 8.57. The fourth-order valence-electron chi connectivity index (χ4n) is 5.31. The molecule has 3 aromatic carbocycles. The molecule has 7 heteroatoms. The second-order valence-electron chi connectivity index (χ2n) is 11.2. The molecule has 0 atom stereocenters. The first-order chi connectivity index (χ1) is 21.6. The number of ether oxygens (including phenoxy) is 1. The Kier molecular flexibility index (Phi) is 13.2. The molecule has 0 N–H and O–H groups in total. The normalized spacial score (nSPS) is 11.0. The first kappa shape index (κ1) is 32.6. The van der Waals surface area contributed by atoms with Crippen molar-refractivity contribution in [2.24, 2.45) is 0 Å². The van der Waals surface area contributed by atoms with E-state index in [2.05, 4.69) is 17.1 Å². The van der Waals surface area contributed by atoms with Crippen LogP contribution in [0.25, 0.3) is 22.6 Å². The van der Waals surface area contributed by atoms with Crippen LogP contribution in [-0.2, 0) is 33.8 Å². The van der Waals surface area contributed by atoms with Crippen molar-refractivity contribution < 1.29 is 18.8 Å². The van der Waals surface area contributed by atoms with Crippen LogP contribution in [0.3, 0.4) is 0 Å². The van der Waals surface area contributed by atoms with Gasteiger partial charge in [0.1, 0.15) is 0 Å². The number of nitrogens with zero attached hydrogens (tertiary/aromatic N) is 3. The maximum absolute atomic E-state index is 13.2. The van der Waals surface area contributed by atoms with E-state index in [1.807, 2.05) is 78.9 Å². The third-order valence-corrected chi connectivity index (χ3v) is 7.66. The number of carbonyl (C=O) groups is 2. The van der Waals surface area contributed by atoms with E-state index < -0.39 is 11.9 Å². The third kappa shape index (κ3) is 10.2. The van der Waals surface area contributed by atoms with E-state index in [1.54, 1.807) is 6.92 Å². The highest BCUT2D eigenvalue weighted by Gasteiger charge is 2.24. The van der Waals surface area contributed by atoms with Crippen LogP contribution in [-0.4, -0.2) is 33.5 Å². The summed E-state index contributed by atoms with van der Waals surface area (Å²) in [5.41, 5.74) is 4.67. The molecule has 0 fully saturated rings. The van der Waals surface area contributed by atoms with E-state index in [-0.39, 0.29) is 19.7 Å². The van der Waals surface area contributed by atoms with E-state index in [9.17, 15) is 9.59 Å². The smallest absolute Gasteiger partial charge is 0.397 e. The molecule has 1 amide bonds. The van der Waals surface area contributed by atoms with Gasteiger partial charge in [0.2, 0.25) is 0 Å². The van der Waals surface area contributed by atoms with E-state index in [0.717, 1.165) is 40.7 Å². The SMILES string of the molecule is CCCCCCCCCCCc1noc(-c2cccc(CN(Cc3cccc(-c4ccccc4)c3)C(=O)C(=O)OCC)c2)n1. The van der Waals surface area contributed by atoms with Gasteiger partial charge < -0.3 is 14.2 Å². The van der Waals surface area contributed by atoms with Gasteiger partial charge in [-0.15, -0.1) is 0 Å². The largest absolute Gasteiger partial charge is 0.459 e. The number of unbranched alkanes of at least 4 members (excludes halogenated alkanes) is 8. The third-order valence-electron chi connectivity index (χ3n) is 7.66. The van der Waals surface area contributed by atoms with Gasteiger partial charge in [0, 0.05) is 25.1 Å². The van der Waals surface area contributed by atoms with Crippen LogP contribution < -0.4 is 0 Å². The van der Waals surface area contributed by atoms with Crippen molar-refractivity contribution in [3.63, 3.8) is 0 Å². The maximum atomic E-state index is 13.2. The summed E-state index contributed by atoms with van der Waals surface area (Å²) in [5, 5.41) is 4.20. The summed E-state index contributed by atoms with van der Waals surface area (Å²) < 4.78 is 10.7. The lowest BCUT2D eigenvalue weighted by Crippen LogP contribution is -2.36. The minimum atomic E-state index is -0.860. The zero-order valence-electron chi connectivity index (χ0n) is 26.2. The van der Waals surface area contributed by atoms with E-state index in [4.69, 9.17) is 9.26 Å². The number of carbonyl (C=O) groups excluding carboxylic acids is 2. The molecule has 232 valence electrons. The van der Waals surface area contributed by atoms with Gasteiger partial charge in [0.05, 0.1) is 6.61 Å². The van der Waals surface area contributed by atoms with Crippen LogP contribution in [0.2, 0.25) is 0 Å². The molecule has 0 saturated heterocycles. The highest BCUT2D eigenvalue weighted by molar-refractivity contribution is 6.32. The molecule has 0 spiro atoms. The summed E-state index contributed by atoms with van der Waals surface area (Å²) in [5.74, 6) is -0.369. The Labute approximate surface area is 261 Å². The molecule has 0 aliphatic heterocycles. The van der Waals surface area contributed by atoms with Crippen molar-refractivity contribution in [1.29, 1.82) is 0 Å². The number of rotatable bonds is 17. The molecular weight excluding hydrogens is 550 g/mol. The number of benzene rings is 3. The lowest BCUT2D eigenvalue weighted by Gasteiger charge is -2.22. The summed E-state index contributed by atoms with van der Waals surface area (Å²) in [7, 11) is 0. The van der Waals surface area contributed by atoms with Gasteiger partial charge in [-0.2, -0.15) is 4.98 Å². The van der Waals surface area contributed by atoms with Crippen LogP contribution in [0, 0.1) is 0 Å². The summed E-state index contributed by atoms with van der Waals surface area (Å²) >= 11 is 0. The van der Waals surface area contributed by atoms with Crippen LogP contribution in [0.1, 0.15) is 88.6 Å². The van der Waals surface area contributed by atoms with Crippen molar-refractivity contribution in [1.82, 2.24) is 15.0 Å². The van der Waals surface area contributed by atoms with Crippen LogP contribution in [0.5, 0.6) is 0 Å². The Bertz CT molecular complexity index is 1450. The molecule has 7 nitrogen and oxygen atoms in total. The van der Waals surface area contributed by atoms with Gasteiger partial charge in [-0.25, -0.2) is 4.79 Å². The molecule has 4 aromatic rings. The molecule has 44 heavy (non-hydrogen) atoms. The van der Waals surface area contributed by atoms with Crippen molar-refractivity contribution >= 4 is 11.9 Å². The topological polar surface area (TPSA) is 85.5 Å². The van der Waals surface area contributed by atoms with Crippen LogP contribution >= 0.6 is 0 Å². The van der Waals surface area contributed by atoms with E-state index in [0.29, 0.717) is 11.7 Å². The van der Waals surface area contributed by atoms with Gasteiger partial charge in [0.15, 0.2) is 5.82 Å². The molecule has 0 saturated carbocycles. The number of hydrogen-bond donors (Lipinski definition) is 0. The standard InChI is InChI=1S/C37H45N3O4/c1-3-5-6-7-8-9-10-11-15-24-34-38-35(44-39-34)33-23-17-19-30(26-33)28-40(36(41)37(42)43-4-2)27-29-18-16-22-32(25-29)31-20-13-12-14-21-31/h12-14,16-23,25-26H,3-11,15,24,27-28H2,1-2H3. The minimum absolute atomic E-state index is 0.135. The Morgan fingerprint density at radius 2 is 1.30 bits per heavy atom. The highest BCUT2D eigenvalue weighted by Crippen LogP contribution is 2.23. The Morgan fingerprint density at radius 3 is 1.95 bits per heavy atom. The van der Waals surface area contributed by atoms with Crippen LogP contribution in [0.4, 0.5) is 0 Å². The molecule has 0 bridgehead atoms. The van der Waals surface area contributed by atoms with E-state index >= 15 is 0 Å². The molecular formula is C37H45N3O4. The predicted molar refractivity (Wildman–Crippen MR) is 173 cm³/mol. The number of aryl methyl sites for hydroxylation is 1. The Balaban J connectivity index is 1.39.